The lowest BCUT2D eigenvalue weighted by Gasteiger charge is -2.35. The van der Waals surface area contributed by atoms with Crippen LogP contribution in [0.5, 0.6) is 0 Å². The molecule has 19 heavy (non-hydrogen) atoms. The largest absolute Gasteiger partial charge is 0.396 e. The van der Waals surface area contributed by atoms with Crippen LogP contribution in [-0.4, -0.2) is 30.7 Å². The first kappa shape index (κ1) is 13.7. The van der Waals surface area contributed by atoms with Crippen molar-refractivity contribution in [2.75, 3.05) is 30.3 Å². The number of benzene rings is 1. The van der Waals surface area contributed by atoms with E-state index in [0.29, 0.717) is 17.2 Å². The zero-order valence-corrected chi connectivity index (χ0v) is 11.0. The first-order valence-corrected chi connectivity index (χ1v) is 6.67. The molecule has 0 aromatic heterocycles. The third-order valence-electron chi connectivity index (χ3n) is 3.75. The molecular weight excluding hydrogens is 242 g/mol. The van der Waals surface area contributed by atoms with Gasteiger partial charge in [0.15, 0.2) is 0 Å². The Hall–Kier alpha value is -1.75. The number of nitrogens with zero attached hydrogens (tertiary/aromatic N) is 1. The molecule has 5 nitrogen and oxygen atoms in total. The average molecular weight is 263 g/mol. The molecule has 5 N–H and O–H groups in total. The predicted molar refractivity (Wildman–Crippen MR) is 76.0 cm³/mol. The molecule has 0 saturated carbocycles. The van der Waals surface area contributed by atoms with E-state index >= 15 is 0 Å². The van der Waals surface area contributed by atoms with Crippen LogP contribution >= 0.6 is 0 Å². The number of para-hydroxylation sites is 1. The van der Waals surface area contributed by atoms with Gasteiger partial charge in [0.1, 0.15) is 0 Å². The number of nitrogens with two attached hydrogens (primary N) is 2. The number of hydrogen-bond acceptors (Lipinski definition) is 4. The smallest absolute Gasteiger partial charge is 0.250 e. The highest BCUT2D eigenvalue weighted by molar-refractivity contribution is 6.00. The summed E-state index contributed by atoms with van der Waals surface area (Å²) in [5, 5.41) is 9.04. The van der Waals surface area contributed by atoms with Crippen molar-refractivity contribution in [3.8, 4) is 0 Å². The second-order valence-corrected chi connectivity index (χ2v) is 5.07. The van der Waals surface area contributed by atoms with Crippen LogP contribution in [0.15, 0.2) is 18.2 Å². The van der Waals surface area contributed by atoms with Crippen molar-refractivity contribution in [1.29, 1.82) is 0 Å². The van der Waals surface area contributed by atoms with Crippen LogP contribution in [0.2, 0.25) is 0 Å². The maximum atomic E-state index is 11.3. The van der Waals surface area contributed by atoms with Gasteiger partial charge in [-0.2, -0.15) is 0 Å². The summed E-state index contributed by atoms with van der Waals surface area (Å²) in [5.74, 6) is -0.0151. The average Bonchev–Trinajstić information content (AvgIpc) is 2.39. The number of nitrogen functional groups attached to an aromatic ring is 1. The normalized spacial score (nSPS) is 19.4. The lowest BCUT2D eigenvalue weighted by Crippen LogP contribution is -2.36. The molecule has 1 aliphatic heterocycles. The fraction of sp³-hybridized carbons (Fsp3) is 0.500. The standard InChI is InChI=1S/C14H21N3O2/c15-13-11(14(16)19)4-1-5-12(13)17-7-2-3-10(9-17)6-8-18/h1,4-5,10,18H,2-3,6-9,15H2,(H2,16,19). The molecule has 0 spiro atoms. The fourth-order valence-electron chi connectivity index (χ4n) is 2.75. The van der Waals surface area contributed by atoms with E-state index < -0.39 is 5.91 Å². The van der Waals surface area contributed by atoms with E-state index in [4.69, 9.17) is 16.6 Å². The molecular formula is C14H21N3O2. The lowest BCUT2D eigenvalue weighted by molar-refractivity contribution is 0.100. The molecule has 2 rings (SSSR count). The minimum atomic E-state index is -0.497. The van der Waals surface area contributed by atoms with Gasteiger partial charge >= 0.3 is 0 Å². The van der Waals surface area contributed by atoms with Crippen molar-refractivity contribution in [2.24, 2.45) is 11.7 Å². The van der Waals surface area contributed by atoms with E-state index in [1.54, 1.807) is 12.1 Å². The minimum Gasteiger partial charge on any atom is -0.396 e. The topological polar surface area (TPSA) is 92.6 Å². The number of aliphatic hydroxyl groups excluding tert-OH is 1. The number of amides is 1. The Labute approximate surface area is 113 Å². The third-order valence-corrected chi connectivity index (χ3v) is 3.75. The number of hydrogen-bond donors (Lipinski definition) is 3. The van der Waals surface area contributed by atoms with Crippen LogP contribution in [0, 0.1) is 5.92 Å². The Bertz CT molecular complexity index is 460. The quantitative estimate of drug-likeness (QED) is 0.706. The zero-order chi connectivity index (χ0) is 13.8. The first-order chi connectivity index (χ1) is 9.13. The van der Waals surface area contributed by atoms with Gasteiger partial charge in [-0.05, 0) is 37.3 Å². The predicted octanol–water partition coefficient (Wildman–Crippen LogP) is 0.966. The number of carbonyl (C=O) groups is 1. The van der Waals surface area contributed by atoms with E-state index in [-0.39, 0.29) is 6.61 Å². The van der Waals surface area contributed by atoms with Crippen LogP contribution in [0.25, 0.3) is 0 Å². The number of piperidine rings is 1. The molecule has 104 valence electrons. The van der Waals surface area contributed by atoms with Gasteiger partial charge in [0, 0.05) is 19.7 Å². The van der Waals surface area contributed by atoms with E-state index in [0.717, 1.165) is 38.0 Å². The van der Waals surface area contributed by atoms with Crippen molar-refractivity contribution in [3.05, 3.63) is 23.8 Å². The Morgan fingerprint density at radius 1 is 1.47 bits per heavy atom. The Morgan fingerprint density at radius 2 is 2.26 bits per heavy atom. The molecule has 1 heterocycles. The summed E-state index contributed by atoms with van der Waals surface area (Å²) in [5.41, 5.74) is 13.1. The molecule has 0 radical (unpaired) electrons. The van der Waals surface area contributed by atoms with E-state index in [1.165, 1.54) is 0 Å². The van der Waals surface area contributed by atoms with Crippen molar-refractivity contribution < 1.29 is 9.90 Å². The summed E-state index contributed by atoms with van der Waals surface area (Å²) in [4.78, 5) is 13.5. The highest BCUT2D eigenvalue weighted by Crippen LogP contribution is 2.31. The highest BCUT2D eigenvalue weighted by atomic mass is 16.3. The van der Waals surface area contributed by atoms with Crippen LogP contribution in [0.4, 0.5) is 11.4 Å². The summed E-state index contributed by atoms with van der Waals surface area (Å²) in [6, 6.07) is 5.38. The minimum absolute atomic E-state index is 0.218. The van der Waals surface area contributed by atoms with Crippen LogP contribution in [-0.2, 0) is 0 Å². The molecule has 0 bridgehead atoms. The molecule has 5 heteroatoms. The van der Waals surface area contributed by atoms with Crippen molar-refractivity contribution >= 4 is 17.3 Å². The third kappa shape index (κ3) is 2.98. The second kappa shape index (κ2) is 5.93. The van der Waals surface area contributed by atoms with E-state index in [2.05, 4.69) is 4.90 Å². The van der Waals surface area contributed by atoms with Crippen molar-refractivity contribution in [1.82, 2.24) is 0 Å². The summed E-state index contributed by atoms with van der Waals surface area (Å²) in [6.07, 6.45) is 3.02. The Morgan fingerprint density at radius 3 is 2.95 bits per heavy atom. The number of primary amides is 1. The lowest BCUT2D eigenvalue weighted by atomic mass is 9.94. The number of anilines is 2. The van der Waals surface area contributed by atoms with E-state index in [9.17, 15) is 4.79 Å². The Balaban J connectivity index is 2.21. The number of aliphatic hydroxyl groups is 1. The van der Waals surface area contributed by atoms with Crippen LogP contribution in [0.1, 0.15) is 29.6 Å². The SMILES string of the molecule is NC(=O)c1cccc(N2CCCC(CCO)C2)c1N. The summed E-state index contributed by atoms with van der Waals surface area (Å²) in [6.45, 7) is 2.01. The second-order valence-electron chi connectivity index (χ2n) is 5.07. The van der Waals surface area contributed by atoms with Crippen molar-refractivity contribution in [2.45, 2.75) is 19.3 Å². The molecule has 1 fully saturated rings. The van der Waals surface area contributed by atoms with Crippen LogP contribution < -0.4 is 16.4 Å². The maximum Gasteiger partial charge on any atom is 0.250 e. The molecule has 1 unspecified atom stereocenters. The molecule has 1 saturated heterocycles. The molecule has 0 aliphatic carbocycles. The summed E-state index contributed by atoms with van der Waals surface area (Å²) in [7, 11) is 0. The van der Waals surface area contributed by atoms with Gasteiger partial charge in [0.05, 0.1) is 16.9 Å². The maximum absolute atomic E-state index is 11.3. The fourth-order valence-corrected chi connectivity index (χ4v) is 2.75. The van der Waals surface area contributed by atoms with Gasteiger partial charge in [0.2, 0.25) is 0 Å². The van der Waals surface area contributed by atoms with Gasteiger partial charge in [-0.1, -0.05) is 6.07 Å². The van der Waals surface area contributed by atoms with Gasteiger partial charge in [-0.3, -0.25) is 4.79 Å². The summed E-state index contributed by atoms with van der Waals surface area (Å²) >= 11 is 0. The molecule has 1 atom stereocenters. The summed E-state index contributed by atoms with van der Waals surface area (Å²) < 4.78 is 0. The van der Waals surface area contributed by atoms with E-state index in [1.807, 2.05) is 6.07 Å². The molecule has 1 amide bonds. The number of rotatable bonds is 4. The van der Waals surface area contributed by atoms with Crippen LogP contribution in [0.3, 0.4) is 0 Å². The molecule has 1 aromatic rings. The molecule has 1 aliphatic rings. The van der Waals surface area contributed by atoms with Gasteiger partial charge in [0.25, 0.3) is 5.91 Å². The Kier molecular flexibility index (Phi) is 4.27. The monoisotopic (exact) mass is 263 g/mol. The van der Waals surface area contributed by atoms with Gasteiger partial charge < -0.3 is 21.5 Å². The van der Waals surface area contributed by atoms with Gasteiger partial charge in [-0.15, -0.1) is 0 Å². The van der Waals surface area contributed by atoms with Crippen molar-refractivity contribution in [3.63, 3.8) is 0 Å². The van der Waals surface area contributed by atoms with Gasteiger partial charge in [-0.25, -0.2) is 0 Å². The molecule has 1 aromatic carbocycles. The zero-order valence-electron chi connectivity index (χ0n) is 11.0. The highest BCUT2D eigenvalue weighted by Gasteiger charge is 2.22. The number of carbonyl (C=O) groups excluding carboxylic acids is 1. The first-order valence-electron chi connectivity index (χ1n) is 6.67.